The molecule has 0 heterocycles. The molecule has 104 valence electrons. The van der Waals surface area contributed by atoms with Crippen molar-refractivity contribution in [2.75, 3.05) is 0 Å². The van der Waals surface area contributed by atoms with Crippen LogP contribution >= 0.6 is 23.2 Å². The van der Waals surface area contributed by atoms with Crippen LogP contribution in [0.15, 0.2) is 47.9 Å². The van der Waals surface area contributed by atoms with Crippen molar-refractivity contribution in [2.45, 2.75) is 5.75 Å². The van der Waals surface area contributed by atoms with Crippen molar-refractivity contribution in [3.8, 4) is 0 Å². The molecule has 0 radical (unpaired) electrons. The van der Waals surface area contributed by atoms with Gasteiger partial charge in [-0.05, 0) is 47.1 Å². The summed E-state index contributed by atoms with van der Waals surface area (Å²) < 4.78 is 24.7. The zero-order chi connectivity index (χ0) is 14.5. The molecule has 0 bridgehead atoms. The van der Waals surface area contributed by atoms with Crippen molar-refractivity contribution in [1.82, 2.24) is 0 Å². The fourth-order valence-electron chi connectivity index (χ4n) is 1.57. The average Bonchev–Trinajstić information content (AvgIpc) is 2.42. The van der Waals surface area contributed by atoms with E-state index in [1.54, 1.807) is 41.8 Å². The van der Waals surface area contributed by atoms with Crippen LogP contribution in [0.1, 0.15) is 11.1 Å². The van der Waals surface area contributed by atoms with E-state index in [1.807, 2.05) is 0 Å². The summed E-state index contributed by atoms with van der Waals surface area (Å²) >= 11 is 10.6. The Balaban J connectivity index is 1.99. The molecule has 1 nitrogen and oxygen atoms in total. The highest BCUT2D eigenvalue weighted by atomic mass is 35.5. The zero-order valence-electron chi connectivity index (χ0n) is 10.4. The van der Waals surface area contributed by atoms with Gasteiger partial charge >= 0.3 is 0 Å². The third-order valence-electron chi connectivity index (χ3n) is 2.58. The largest absolute Gasteiger partial charge is 0.612 e. The van der Waals surface area contributed by atoms with E-state index in [4.69, 9.17) is 23.2 Å². The lowest BCUT2D eigenvalue weighted by Crippen LogP contribution is -2.00. The van der Waals surface area contributed by atoms with Gasteiger partial charge in [0.15, 0.2) is 0 Å². The van der Waals surface area contributed by atoms with E-state index in [0.29, 0.717) is 15.8 Å². The first-order chi connectivity index (χ1) is 9.54. The molecule has 20 heavy (non-hydrogen) atoms. The minimum atomic E-state index is -1.17. The smallest absolute Gasteiger partial charge is 0.135 e. The molecule has 1 atom stereocenters. The molecule has 0 aliphatic carbocycles. The summed E-state index contributed by atoms with van der Waals surface area (Å²) in [4.78, 5) is 0. The van der Waals surface area contributed by atoms with E-state index in [0.717, 1.165) is 11.1 Å². The van der Waals surface area contributed by atoms with Gasteiger partial charge in [-0.3, -0.25) is 0 Å². The molecular weight excluding hydrogens is 318 g/mol. The van der Waals surface area contributed by atoms with E-state index < -0.39 is 11.2 Å². The lowest BCUT2D eigenvalue weighted by Gasteiger charge is -2.06. The third kappa shape index (κ3) is 4.53. The minimum Gasteiger partial charge on any atom is -0.612 e. The maximum absolute atomic E-state index is 12.7. The maximum atomic E-state index is 12.7. The van der Waals surface area contributed by atoms with Crippen molar-refractivity contribution in [2.24, 2.45) is 0 Å². The summed E-state index contributed by atoms with van der Waals surface area (Å²) in [6.45, 7) is 0. The normalized spacial score (nSPS) is 12.8. The van der Waals surface area contributed by atoms with Gasteiger partial charge in [-0.1, -0.05) is 41.4 Å². The van der Waals surface area contributed by atoms with E-state index in [-0.39, 0.29) is 5.82 Å². The van der Waals surface area contributed by atoms with Gasteiger partial charge in [-0.15, -0.1) is 0 Å². The molecule has 0 spiro atoms. The quantitative estimate of drug-likeness (QED) is 0.720. The Hall–Kier alpha value is -1.000. The fraction of sp³-hybridized carbons (Fsp3) is 0.0667. The van der Waals surface area contributed by atoms with Gasteiger partial charge in [-0.25, -0.2) is 4.39 Å². The lowest BCUT2D eigenvalue weighted by molar-refractivity contribution is 0.603. The highest BCUT2D eigenvalue weighted by Gasteiger charge is 2.06. The van der Waals surface area contributed by atoms with Crippen LogP contribution in [-0.4, -0.2) is 4.55 Å². The van der Waals surface area contributed by atoms with Gasteiger partial charge < -0.3 is 4.55 Å². The molecule has 2 rings (SSSR count). The lowest BCUT2D eigenvalue weighted by atomic mass is 10.2. The summed E-state index contributed by atoms with van der Waals surface area (Å²) in [6, 6.07) is 11.2. The van der Waals surface area contributed by atoms with E-state index >= 15 is 0 Å². The van der Waals surface area contributed by atoms with Gasteiger partial charge in [-0.2, -0.15) is 0 Å². The standard InChI is InChI=1S/C15H11Cl2FOS/c16-14-6-3-12(9-15(14)17)10-20(19)8-7-11-1-4-13(18)5-2-11/h1-9H,10H2/b8-7+. The number of halogens is 3. The summed E-state index contributed by atoms with van der Waals surface area (Å²) in [5.41, 5.74) is 1.65. The first kappa shape index (κ1) is 15.4. The van der Waals surface area contributed by atoms with Crippen LogP contribution in [0.3, 0.4) is 0 Å². The van der Waals surface area contributed by atoms with Crippen LogP contribution in [0.5, 0.6) is 0 Å². The fourth-order valence-corrected chi connectivity index (χ4v) is 2.80. The third-order valence-corrected chi connectivity index (χ3v) is 4.37. The monoisotopic (exact) mass is 328 g/mol. The zero-order valence-corrected chi connectivity index (χ0v) is 12.7. The van der Waals surface area contributed by atoms with E-state index in [9.17, 15) is 8.94 Å². The Labute approximate surface area is 130 Å². The molecular formula is C15H11Cl2FOS. The number of rotatable bonds is 4. The van der Waals surface area contributed by atoms with Crippen molar-refractivity contribution >= 4 is 40.5 Å². The van der Waals surface area contributed by atoms with Gasteiger partial charge in [0.2, 0.25) is 0 Å². The molecule has 1 unspecified atom stereocenters. The second kappa shape index (κ2) is 7.14. The summed E-state index contributed by atoms with van der Waals surface area (Å²) in [6.07, 6.45) is 1.70. The summed E-state index contributed by atoms with van der Waals surface area (Å²) in [5.74, 6) is 0.0632. The Morgan fingerprint density at radius 3 is 2.40 bits per heavy atom. The summed E-state index contributed by atoms with van der Waals surface area (Å²) in [7, 11) is 0. The number of hydrogen-bond donors (Lipinski definition) is 0. The Morgan fingerprint density at radius 2 is 1.75 bits per heavy atom. The highest BCUT2D eigenvalue weighted by molar-refractivity contribution is 7.93. The number of hydrogen-bond acceptors (Lipinski definition) is 1. The average molecular weight is 329 g/mol. The van der Waals surface area contributed by atoms with Crippen LogP contribution < -0.4 is 0 Å². The molecule has 0 amide bonds. The second-order valence-corrected chi connectivity index (χ2v) is 6.26. The molecule has 0 saturated heterocycles. The van der Waals surface area contributed by atoms with Crippen LogP contribution in [-0.2, 0) is 16.9 Å². The predicted molar refractivity (Wildman–Crippen MR) is 83.7 cm³/mol. The molecule has 2 aromatic rings. The molecule has 0 N–H and O–H groups in total. The predicted octanol–water partition coefficient (Wildman–Crippen LogP) is 5.05. The SMILES string of the molecule is [O-][S+](/C=C/c1ccc(F)cc1)Cc1ccc(Cl)c(Cl)c1. The van der Waals surface area contributed by atoms with Crippen molar-refractivity contribution in [1.29, 1.82) is 0 Å². The van der Waals surface area contributed by atoms with Crippen molar-refractivity contribution in [3.05, 3.63) is 74.9 Å². The first-order valence-corrected chi connectivity index (χ1v) is 7.93. The molecule has 0 saturated carbocycles. The molecule has 5 heteroatoms. The first-order valence-electron chi connectivity index (χ1n) is 5.79. The minimum absolute atomic E-state index is 0.293. The van der Waals surface area contributed by atoms with Crippen molar-refractivity contribution in [3.63, 3.8) is 0 Å². The van der Waals surface area contributed by atoms with Gasteiger partial charge in [0, 0.05) is 5.56 Å². The van der Waals surface area contributed by atoms with Crippen LogP contribution in [0.2, 0.25) is 10.0 Å². The topological polar surface area (TPSA) is 23.1 Å². The molecule has 2 aromatic carbocycles. The molecule has 0 aliphatic rings. The number of benzene rings is 2. The van der Waals surface area contributed by atoms with Crippen molar-refractivity contribution < 1.29 is 8.94 Å². The molecule has 0 aromatic heterocycles. The molecule has 0 fully saturated rings. The van der Waals surface area contributed by atoms with Crippen LogP contribution in [0.4, 0.5) is 4.39 Å². The van der Waals surface area contributed by atoms with Gasteiger partial charge in [0.05, 0.1) is 10.0 Å². The Kier molecular flexibility index (Phi) is 5.49. The molecule has 0 aliphatic heterocycles. The van der Waals surface area contributed by atoms with E-state index in [2.05, 4.69) is 0 Å². The Bertz CT molecular complexity index is 614. The van der Waals surface area contributed by atoms with Crippen LogP contribution in [0.25, 0.3) is 6.08 Å². The second-order valence-electron chi connectivity index (χ2n) is 4.13. The van der Waals surface area contributed by atoms with E-state index in [1.165, 1.54) is 12.1 Å². The maximum Gasteiger partial charge on any atom is 0.135 e. The Morgan fingerprint density at radius 1 is 1.05 bits per heavy atom. The van der Waals surface area contributed by atoms with Gasteiger partial charge in [0.25, 0.3) is 0 Å². The highest BCUT2D eigenvalue weighted by Crippen LogP contribution is 2.23. The summed E-state index contributed by atoms with van der Waals surface area (Å²) in [5, 5.41) is 2.50. The van der Waals surface area contributed by atoms with Gasteiger partial charge in [0.1, 0.15) is 17.0 Å². The van der Waals surface area contributed by atoms with Crippen LogP contribution in [0, 0.1) is 5.82 Å².